The SMILES string of the molecule is CCOC(=O)CNC(=O)N(CCc1csc2nc(-c3ccc(Cl)cc3)cn12)Cc1ccccc1. The fraction of sp³-hybridized carbons (Fsp3) is 0.240. The number of ether oxygens (including phenoxy) is 1. The van der Waals surface area contributed by atoms with Gasteiger partial charge in [0.1, 0.15) is 6.54 Å². The molecule has 0 atom stereocenters. The van der Waals surface area contributed by atoms with Crippen molar-refractivity contribution in [2.75, 3.05) is 19.7 Å². The second-order valence-corrected chi connectivity index (χ2v) is 8.91. The molecule has 2 heterocycles. The average Bonchev–Trinajstić information content (AvgIpc) is 3.43. The number of carbonyl (C=O) groups excluding carboxylic acids is 2. The van der Waals surface area contributed by atoms with E-state index >= 15 is 0 Å². The number of urea groups is 1. The number of halogens is 1. The Morgan fingerprint density at radius 3 is 2.65 bits per heavy atom. The van der Waals surface area contributed by atoms with Gasteiger partial charge in [-0.1, -0.05) is 54.1 Å². The van der Waals surface area contributed by atoms with Crippen molar-refractivity contribution in [3.05, 3.63) is 82.5 Å². The van der Waals surface area contributed by atoms with Gasteiger partial charge in [-0.25, -0.2) is 9.78 Å². The molecular formula is C25H25ClN4O3S. The summed E-state index contributed by atoms with van der Waals surface area (Å²) in [5, 5.41) is 5.42. The number of hydrogen-bond acceptors (Lipinski definition) is 5. The molecule has 9 heteroatoms. The first kappa shape index (κ1) is 23.8. The van der Waals surface area contributed by atoms with Gasteiger partial charge in [0, 0.05) is 47.4 Å². The van der Waals surface area contributed by atoms with Crippen molar-refractivity contribution in [3.63, 3.8) is 0 Å². The third-order valence-corrected chi connectivity index (χ3v) is 6.39. The van der Waals surface area contributed by atoms with Crippen LogP contribution in [-0.2, 0) is 22.5 Å². The van der Waals surface area contributed by atoms with Crippen LogP contribution in [0.5, 0.6) is 0 Å². The Kier molecular flexibility index (Phi) is 7.82. The normalized spacial score (nSPS) is 10.9. The van der Waals surface area contributed by atoms with Gasteiger partial charge in [0.15, 0.2) is 4.96 Å². The number of imidazole rings is 1. The van der Waals surface area contributed by atoms with Crippen LogP contribution in [0.2, 0.25) is 5.02 Å². The van der Waals surface area contributed by atoms with Crippen LogP contribution in [-0.4, -0.2) is 46.0 Å². The van der Waals surface area contributed by atoms with E-state index in [1.165, 1.54) is 0 Å². The molecule has 0 fully saturated rings. The van der Waals surface area contributed by atoms with Crippen LogP contribution in [0.4, 0.5) is 4.79 Å². The molecule has 0 aliphatic carbocycles. The van der Waals surface area contributed by atoms with E-state index in [0.717, 1.165) is 27.5 Å². The van der Waals surface area contributed by atoms with Crippen molar-refractivity contribution >= 4 is 39.9 Å². The summed E-state index contributed by atoms with van der Waals surface area (Å²) in [6, 6.07) is 17.1. The summed E-state index contributed by atoms with van der Waals surface area (Å²) in [5.41, 5.74) is 3.94. The van der Waals surface area contributed by atoms with Gasteiger partial charge in [-0.3, -0.25) is 9.20 Å². The average molecular weight is 497 g/mol. The van der Waals surface area contributed by atoms with Gasteiger partial charge in [0.25, 0.3) is 0 Å². The third kappa shape index (κ3) is 5.95. The maximum atomic E-state index is 12.9. The van der Waals surface area contributed by atoms with Gasteiger partial charge in [0.2, 0.25) is 0 Å². The number of carbonyl (C=O) groups is 2. The first-order valence-corrected chi connectivity index (χ1v) is 12.2. The van der Waals surface area contributed by atoms with E-state index in [1.54, 1.807) is 23.2 Å². The van der Waals surface area contributed by atoms with Gasteiger partial charge in [-0.2, -0.15) is 0 Å². The largest absolute Gasteiger partial charge is 0.465 e. The highest BCUT2D eigenvalue weighted by atomic mass is 35.5. The summed E-state index contributed by atoms with van der Waals surface area (Å²) in [5.74, 6) is -0.455. The lowest BCUT2D eigenvalue weighted by atomic mass is 10.2. The van der Waals surface area contributed by atoms with Crippen molar-refractivity contribution in [3.8, 4) is 11.3 Å². The van der Waals surface area contributed by atoms with Crippen molar-refractivity contribution in [1.29, 1.82) is 0 Å². The van der Waals surface area contributed by atoms with Crippen LogP contribution in [0, 0.1) is 0 Å². The van der Waals surface area contributed by atoms with E-state index in [-0.39, 0.29) is 19.2 Å². The minimum atomic E-state index is -0.455. The Bertz CT molecular complexity index is 1250. The first-order chi connectivity index (χ1) is 16.5. The quantitative estimate of drug-likeness (QED) is 0.330. The summed E-state index contributed by atoms with van der Waals surface area (Å²) in [4.78, 5) is 31.9. The molecule has 2 aromatic heterocycles. The number of aromatic nitrogens is 2. The highest BCUT2D eigenvalue weighted by Crippen LogP contribution is 2.25. The fourth-order valence-electron chi connectivity index (χ4n) is 3.55. The molecule has 0 bridgehead atoms. The number of rotatable bonds is 9. The summed E-state index contributed by atoms with van der Waals surface area (Å²) >= 11 is 7.57. The standard InChI is InChI=1S/C25H25ClN4O3S/c1-2-33-23(31)14-27-24(32)29(15-18-6-4-3-5-7-18)13-12-21-17-34-25-28-22(16-30(21)25)19-8-10-20(26)11-9-19/h3-11,16-17H,2,12-15H2,1H3,(H,27,32). The molecule has 2 amide bonds. The summed E-state index contributed by atoms with van der Waals surface area (Å²) < 4.78 is 6.98. The molecule has 1 N–H and O–H groups in total. The molecule has 0 unspecified atom stereocenters. The Morgan fingerprint density at radius 2 is 1.91 bits per heavy atom. The zero-order chi connectivity index (χ0) is 23.9. The predicted molar refractivity (Wildman–Crippen MR) is 134 cm³/mol. The Labute approximate surface area is 206 Å². The molecule has 176 valence electrons. The number of nitrogens with zero attached hydrogens (tertiary/aromatic N) is 3. The van der Waals surface area contributed by atoms with Gasteiger partial charge >= 0.3 is 12.0 Å². The zero-order valence-corrected chi connectivity index (χ0v) is 20.3. The molecule has 0 saturated heterocycles. The fourth-order valence-corrected chi connectivity index (χ4v) is 4.58. The molecule has 7 nitrogen and oxygen atoms in total. The lowest BCUT2D eigenvalue weighted by Crippen LogP contribution is -2.43. The number of thiazole rings is 1. The van der Waals surface area contributed by atoms with Gasteiger partial charge in [-0.15, -0.1) is 11.3 Å². The Morgan fingerprint density at radius 1 is 1.15 bits per heavy atom. The summed E-state index contributed by atoms with van der Waals surface area (Å²) in [7, 11) is 0. The molecule has 2 aromatic carbocycles. The van der Waals surface area contributed by atoms with Gasteiger partial charge in [-0.05, 0) is 24.6 Å². The zero-order valence-electron chi connectivity index (χ0n) is 18.7. The lowest BCUT2D eigenvalue weighted by Gasteiger charge is -2.23. The van der Waals surface area contributed by atoms with Crippen LogP contribution in [0.25, 0.3) is 16.2 Å². The molecule has 0 saturated carbocycles. The molecule has 4 rings (SSSR count). The minimum Gasteiger partial charge on any atom is -0.465 e. The Hall–Kier alpha value is -3.36. The van der Waals surface area contributed by atoms with Crippen LogP contribution in [0.1, 0.15) is 18.2 Å². The number of nitrogens with one attached hydrogen (secondary N) is 1. The maximum absolute atomic E-state index is 12.9. The highest BCUT2D eigenvalue weighted by Gasteiger charge is 2.17. The predicted octanol–water partition coefficient (Wildman–Crippen LogP) is 5.03. The number of benzene rings is 2. The van der Waals surface area contributed by atoms with Gasteiger partial charge in [0.05, 0.1) is 12.3 Å². The van der Waals surface area contributed by atoms with Gasteiger partial charge < -0.3 is 15.0 Å². The van der Waals surface area contributed by atoms with Crippen molar-refractivity contribution in [1.82, 2.24) is 19.6 Å². The summed E-state index contributed by atoms with van der Waals surface area (Å²) in [6.07, 6.45) is 2.64. The topological polar surface area (TPSA) is 75.9 Å². The van der Waals surface area contributed by atoms with Crippen LogP contribution in [0.3, 0.4) is 0 Å². The van der Waals surface area contributed by atoms with E-state index in [9.17, 15) is 9.59 Å². The smallest absolute Gasteiger partial charge is 0.325 e. The maximum Gasteiger partial charge on any atom is 0.325 e. The number of esters is 1. The molecule has 34 heavy (non-hydrogen) atoms. The molecule has 4 aromatic rings. The minimum absolute atomic E-state index is 0.160. The molecule has 0 spiro atoms. The molecular weight excluding hydrogens is 472 g/mol. The van der Waals surface area contributed by atoms with E-state index in [2.05, 4.69) is 15.1 Å². The van der Waals surface area contributed by atoms with Crippen LogP contribution < -0.4 is 5.32 Å². The third-order valence-electron chi connectivity index (χ3n) is 5.25. The van der Waals surface area contributed by atoms with E-state index < -0.39 is 5.97 Å². The number of hydrogen-bond donors (Lipinski definition) is 1. The number of amides is 2. The van der Waals surface area contributed by atoms with Crippen LogP contribution in [0.15, 0.2) is 66.2 Å². The second kappa shape index (κ2) is 11.2. The van der Waals surface area contributed by atoms with Crippen molar-refractivity contribution in [2.24, 2.45) is 0 Å². The number of fused-ring (bicyclic) bond motifs is 1. The summed E-state index contributed by atoms with van der Waals surface area (Å²) in [6.45, 7) is 2.76. The molecule has 0 aliphatic heterocycles. The van der Waals surface area contributed by atoms with Crippen LogP contribution >= 0.6 is 22.9 Å². The lowest BCUT2D eigenvalue weighted by molar-refractivity contribution is -0.141. The van der Waals surface area contributed by atoms with E-state index in [4.69, 9.17) is 21.3 Å². The highest BCUT2D eigenvalue weighted by molar-refractivity contribution is 7.15. The van der Waals surface area contributed by atoms with Crippen molar-refractivity contribution < 1.29 is 14.3 Å². The second-order valence-electron chi connectivity index (χ2n) is 7.63. The first-order valence-electron chi connectivity index (χ1n) is 11.0. The van der Waals surface area contributed by atoms with E-state index in [1.807, 2.05) is 60.8 Å². The van der Waals surface area contributed by atoms with Crippen molar-refractivity contribution in [2.45, 2.75) is 19.9 Å². The molecule has 0 aliphatic rings. The molecule has 0 radical (unpaired) electrons. The van der Waals surface area contributed by atoms with E-state index in [0.29, 0.717) is 24.5 Å². The monoisotopic (exact) mass is 496 g/mol. The Balaban J connectivity index is 1.48.